The van der Waals surface area contributed by atoms with E-state index in [0.717, 1.165) is 11.0 Å². The number of carboxylic acid groups (broad SMARTS) is 1. The molecule has 2 rings (SSSR count). The number of fused-ring (bicyclic) bond motifs is 1. The lowest BCUT2D eigenvalue weighted by Gasteiger charge is -2.22. The number of aryl methyl sites for hydroxylation is 1. The van der Waals surface area contributed by atoms with Crippen molar-refractivity contribution in [2.45, 2.75) is 13.0 Å². The topological polar surface area (TPSA) is 58.4 Å². The van der Waals surface area contributed by atoms with Crippen LogP contribution in [0.25, 0.3) is 11.0 Å². The second-order valence-corrected chi connectivity index (χ2v) is 4.08. The van der Waals surface area contributed by atoms with E-state index in [0.29, 0.717) is 5.95 Å². The fourth-order valence-corrected chi connectivity index (χ4v) is 1.79. The molecule has 1 heterocycles. The Kier molecular flexibility index (Phi) is 2.75. The van der Waals surface area contributed by atoms with Crippen molar-refractivity contribution < 1.29 is 9.90 Å². The van der Waals surface area contributed by atoms with Crippen LogP contribution in [0.1, 0.15) is 6.92 Å². The standard InChI is InChI=1S/C12H15N3O2/c1-8(11(16)17)14(2)12-13-9-6-4-5-7-10(9)15(12)3/h4-8H,1-3H3,(H,16,17). The van der Waals surface area contributed by atoms with E-state index in [-0.39, 0.29) is 0 Å². The normalized spacial score (nSPS) is 12.6. The first-order valence-corrected chi connectivity index (χ1v) is 5.39. The number of nitrogens with zero attached hydrogens (tertiary/aromatic N) is 3. The molecule has 0 fully saturated rings. The fourth-order valence-electron chi connectivity index (χ4n) is 1.79. The van der Waals surface area contributed by atoms with E-state index >= 15 is 0 Å². The Hall–Kier alpha value is -2.04. The Balaban J connectivity index is 2.49. The first-order chi connectivity index (χ1) is 8.02. The van der Waals surface area contributed by atoms with Crippen molar-refractivity contribution in [2.75, 3.05) is 11.9 Å². The first kappa shape index (κ1) is 11.4. The van der Waals surface area contributed by atoms with E-state index in [4.69, 9.17) is 5.11 Å². The molecule has 0 aliphatic carbocycles. The number of rotatable bonds is 3. The minimum absolute atomic E-state index is 0.606. The van der Waals surface area contributed by atoms with Crippen LogP contribution in [0.2, 0.25) is 0 Å². The summed E-state index contributed by atoms with van der Waals surface area (Å²) in [5, 5.41) is 9.00. The van der Waals surface area contributed by atoms with E-state index in [9.17, 15) is 4.79 Å². The van der Waals surface area contributed by atoms with Gasteiger partial charge in [0.1, 0.15) is 6.04 Å². The molecule has 1 unspecified atom stereocenters. The average Bonchev–Trinajstić information content (AvgIpc) is 2.65. The molecule has 0 spiro atoms. The maximum atomic E-state index is 11.0. The van der Waals surface area contributed by atoms with Crippen LogP contribution in [0.5, 0.6) is 0 Å². The van der Waals surface area contributed by atoms with Crippen molar-refractivity contribution in [1.29, 1.82) is 0 Å². The summed E-state index contributed by atoms with van der Waals surface area (Å²) in [6.45, 7) is 1.64. The predicted molar refractivity (Wildman–Crippen MR) is 66.2 cm³/mol. The van der Waals surface area contributed by atoms with Crippen molar-refractivity contribution in [1.82, 2.24) is 9.55 Å². The minimum Gasteiger partial charge on any atom is -0.480 e. The van der Waals surface area contributed by atoms with Crippen LogP contribution in [0.15, 0.2) is 24.3 Å². The van der Waals surface area contributed by atoms with Crippen molar-refractivity contribution in [3.63, 3.8) is 0 Å². The second-order valence-electron chi connectivity index (χ2n) is 4.08. The van der Waals surface area contributed by atoms with Gasteiger partial charge in [0, 0.05) is 14.1 Å². The number of likely N-dealkylation sites (N-methyl/N-ethyl adjacent to an activating group) is 1. The number of hydrogen-bond donors (Lipinski definition) is 1. The lowest BCUT2D eigenvalue weighted by molar-refractivity contribution is -0.138. The molecule has 90 valence electrons. The van der Waals surface area contributed by atoms with Gasteiger partial charge in [-0.05, 0) is 19.1 Å². The van der Waals surface area contributed by atoms with Crippen LogP contribution in [0.3, 0.4) is 0 Å². The molecule has 0 saturated carbocycles. The second kappa shape index (κ2) is 4.08. The van der Waals surface area contributed by atoms with Crippen LogP contribution in [0, 0.1) is 0 Å². The van der Waals surface area contributed by atoms with Crippen molar-refractivity contribution in [3.05, 3.63) is 24.3 Å². The monoisotopic (exact) mass is 233 g/mol. The van der Waals surface area contributed by atoms with Crippen molar-refractivity contribution in [3.8, 4) is 0 Å². The Morgan fingerprint density at radius 1 is 1.47 bits per heavy atom. The highest BCUT2D eigenvalue weighted by Gasteiger charge is 2.21. The van der Waals surface area contributed by atoms with E-state index < -0.39 is 12.0 Å². The van der Waals surface area contributed by atoms with Crippen LogP contribution in [-0.2, 0) is 11.8 Å². The maximum Gasteiger partial charge on any atom is 0.326 e. The van der Waals surface area contributed by atoms with Crippen LogP contribution >= 0.6 is 0 Å². The third-order valence-electron chi connectivity index (χ3n) is 3.02. The van der Waals surface area contributed by atoms with Gasteiger partial charge in [-0.1, -0.05) is 12.1 Å². The molecule has 1 N–H and O–H groups in total. The summed E-state index contributed by atoms with van der Waals surface area (Å²) in [6, 6.07) is 7.13. The van der Waals surface area contributed by atoms with Gasteiger partial charge < -0.3 is 14.6 Å². The molecule has 0 aliphatic heterocycles. The summed E-state index contributed by atoms with van der Waals surface area (Å²) in [5.41, 5.74) is 1.86. The summed E-state index contributed by atoms with van der Waals surface area (Å²) in [7, 11) is 3.62. The van der Waals surface area contributed by atoms with Gasteiger partial charge in [-0.25, -0.2) is 9.78 Å². The molecule has 0 amide bonds. The molecule has 1 atom stereocenters. The summed E-state index contributed by atoms with van der Waals surface area (Å²) in [4.78, 5) is 17.1. The third kappa shape index (κ3) is 1.84. The number of carbonyl (C=O) groups is 1. The predicted octanol–water partition coefficient (Wildman–Crippen LogP) is 1.48. The van der Waals surface area contributed by atoms with Gasteiger partial charge >= 0.3 is 5.97 Å². The molecular formula is C12H15N3O2. The van der Waals surface area contributed by atoms with Gasteiger partial charge in [-0.3, -0.25) is 0 Å². The zero-order valence-corrected chi connectivity index (χ0v) is 10.1. The number of hydrogen-bond acceptors (Lipinski definition) is 3. The Bertz CT molecular complexity index is 562. The molecule has 0 saturated heterocycles. The molecule has 0 aliphatic rings. The summed E-state index contributed by atoms with van der Waals surface area (Å²) < 4.78 is 1.90. The van der Waals surface area contributed by atoms with E-state index in [2.05, 4.69) is 4.98 Å². The molecule has 5 nitrogen and oxygen atoms in total. The molecule has 5 heteroatoms. The Morgan fingerprint density at radius 3 is 2.71 bits per heavy atom. The smallest absolute Gasteiger partial charge is 0.326 e. The lowest BCUT2D eigenvalue weighted by Crippen LogP contribution is -2.37. The maximum absolute atomic E-state index is 11.0. The molecule has 0 bridgehead atoms. The SMILES string of the molecule is CC(C(=O)O)N(C)c1nc2ccccc2n1C. The number of anilines is 1. The number of imidazole rings is 1. The molecule has 1 aromatic carbocycles. The molecule has 2 aromatic rings. The largest absolute Gasteiger partial charge is 0.480 e. The number of para-hydroxylation sites is 2. The summed E-state index contributed by atoms with van der Waals surface area (Å²) >= 11 is 0. The van der Waals surface area contributed by atoms with Gasteiger partial charge in [0.25, 0.3) is 0 Å². The van der Waals surface area contributed by atoms with Gasteiger partial charge in [-0.2, -0.15) is 0 Å². The zero-order chi connectivity index (χ0) is 12.6. The van der Waals surface area contributed by atoms with Gasteiger partial charge in [0.2, 0.25) is 5.95 Å². The van der Waals surface area contributed by atoms with Crippen molar-refractivity contribution in [2.24, 2.45) is 7.05 Å². The molecule has 0 radical (unpaired) electrons. The number of aromatic nitrogens is 2. The lowest BCUT2D eigenvalue weighted by atomic mass is 10.3. The quantitative estimate of drug-likeness (QED) is 0.872. The van der Waals surface area contributed by atoms with Crippen LogP contribution < -0.4 is 4.90 Å². The summed E-state index contributed by atoms with van der Waals surface area (Å²) in [6.07, 6.45) is 0. The first-order valence-electron chi connectivity index (χ1n) is 5.39. The fraction of sp³-hybridized carbons (Fsp3) is 0.333. The van der Waals surface area contributed by atoms with Crippen LogP contribution in [0.4, 0.5) is 5.95 Å². The number of benzene rings is 1. The molecule has 1 aromatic heterocycles. The highest BCUT2D eigenvalue weighted by atomic mass is 16.4. The summed E-state index contributed by atoms with van der Waals surface area (Å²) in [5.74, 6) is -0.208. The van der Waals surface area contributed by atoms with Gasteiger partial charge in [-0.15, -0.1) is 0 Å². The van der Waals surface area contributed by atoms with Gasteiger partial charge in [0.15, 0.2) is 0 Å². The van der Waals surface area contributed by atoms with Gasteiger partial charge in [0.05, 0.1) is 11.0 Å². The van der Waals surface area contributed by atoms with Crippen LogP contribution in [-0.4, -0.2) is 33.7 Å². The van der Waals surface area contributed by atoms with E-state index in [1.54, 1.807) is 18.9 Å². The molecule has 17 heavy (non-hydrogen) atoms. The van der Waals surface area contributed by atoms with Crippen molar-refractivity contribution >= 4 is 23.0 Å². The minimum atomic E-state index is -0.862. The highest BCUT2D eigenvalue weighted by Crippen LogP contribution is 2.21. The number of aliphatic carboxylic acids is 1. The molecular weight excluding hydrogens is 218 g/mol. The Morgan fingerprint density at radius 2 is 2.12 bits per heavy atom. The van der Waals surface area contributed by atoms with E-state index in [1.165, 1.54) is 0 Å². The third-order valence-corrected chi connectivity index (χ3v) is 3.02. The van der Waals surface area contributed by atoms with E-state index in [1.807, 2.05) is 35.9 Å². The zero-order valence-electron chi connectivity index (χ0n) is 10.1. The average molecular weight is 233 g/mol. The number of carboxylic acids is 1. The Labute approximate surface area is 99.3 Å². The highest BCUT2D eigenvalue weighted by molar-refractivity contribution is 5.81.